The molecular formula is C108H123O29P. The van der Waals surface area contributed by atoms with E-state index >= 15 is 4.57 Å². The van der Waals surface area contributed by atoms with Gasteiger partial charge in [-0.2, -0.15) is 0 Å². The Balaban J connectivity index is 0.901. The van der Waals surface area contributed by atoms with Crippen LogP contribution in [0.1, 0.15) is 110 Å². The molecular weight excluding hydrogens is 1790 g/mol. The molecule has 10 aromatic rings. The van der Waals surface area contributed by atoms with Gasteiger partial charge >= 0.3 is 31.7 Å². The van der Waals surface area contributed by atoms with Crippen molar-refractivity contribution in [2.45, 2.75) is 241 Å². The first-order valence-corrected chi connectivity index (χ1v) is 48.3. The zero-order valence-electron chi connectivity index (χ0n) is 77.9. The van der Waals surface area contributed by atoms with Gasteiger partial charge in [0.25, 0.3) is 0 Å². The number of carbonyl (C=O) groups excluding carboxylic acids is 4. The Hall–Kier alpha value is -10.8. The Morgan fingerprint density at radius 2 is 0.601 bits per heavy atom. The summed E-state index contributed by atoms with van der Waals surface area (Å²) in [6.45, 7) is 1.95. The summed E-state index contributed by atoms with van der Waals surface area (Å²) in [5, 5.41) is 13.6. The van der Waals surface area contributed by atoms with Crippen LogP contribution in [0.3, 0.4) is 0 Å². The molecule has 0 radical (unpaired) electrons. The van der Waals surface area contributed by atoms with Crippen LogP contribution in [0.4, 0.5) is 0 Å². The summed E-state index contributed by atoms with van der Waals surface area (Å²) >= 11 is 0. The molecule has 4 heterocycles. The Kier molecular flexibility index (Phi) is 40.8. The first-order valence-electron chi connectivity index (χ1n) is 46.9. The minimum atomic E-state index is -4.87. The van der Waals surface area contributed by atoms with Gasteiger partial charge in [0.1, 0.15) is 90.9 Å². The highest BCUT2D eigenvalue weighted by molar-refractivity contribution is 7.49. The predicted octanol–water partition coefficient (Wildman–Crippen LogP) is 17.0. The fraction of sp³-hybridized carbons (Fsp3) is 0.407. The van der Waals surface area contributed by atoms with E-state index in [4.69, 9.17) is 108 Å². The number of hydrogen-bond donors (Lipinski definition) is 1. The summed E-state index contributed by atoms with van der Waals surface area (Å²) in [4.78, 5) is 53.8. The van der Waals surface area contributed by atoms with Crippen LogP contribution in [-0.4, -0.2) is 192 Å². The summed E-state index contributed by atoms with van der Waals surface area (Å²) in [5.74, 6) is -2.87. The van der Waals surface area contributed by atoms with Crippen LogP contribution < -0.4 is 9.05 Å². The van der Waals surface area contributed by atoms with Crippen molar-refractivity contribution < 1.29 is 137 Å². The molecule has 29 nitrogen and oxygen atoms in total. The van der Waals surface area contributed by atoms with Crippen LogP contribution in [0.5, 0.6) is 11.5 Å². The van der Waals surface area contributed by atoms with Crippen molar-refractivity contribution in [1.82, 2.24) is 0 Å². The zero-order valence-corrected chi connectivity index (χ0v) is 78.8. The minimum absolute atomic E-state index is 0.0255. The summed E-state index contributed by atoms with van der Waals surface area (Å²) in [6.07, 6.45) is -24.7. The van der Waals surface area contributed by atoms with Crippen LogP contribution in [0.15, 0.2) is 303 Å². The van der Waals surface area contributed by atoms with E-state index in [0.29, 0.717) is 24.8 Å². The van der Waals surface area contributed by atoms with Crippen molar-refractivity contribution in [1.29, 1.82) is 0 Å². The van der Waals surface area contributed by atoms with Crippen molar-refractivity contribution in [2.75, 3.05) is 40.1 Å². The molecule has 1 N–H and O–H groups in total. The van der Waals surface area contributed by atoms with Crippen LogP contribution in [0.2, 0.25) is 0 Å². The topological polar surface area (TPSA) is 318 Å². The van der Waals surface area contributed by atoms with Crippen molar-refractivity contribution in [3.05, 3.63) is 348 Å². The summed E-state index contributed by atoms with van der Waals surface area (Å²) < 4.78 is 173. The highest BCUT2D eigenvalue weighted by Crippen LogP contribution is 2.51. The lowest BCUT2D eigenvalue weighted by atomic mass is 9.95. The molecule has 734 valence electrons. The van der Waals surface area contributed by atoms with Gasteiger partial charge in [-0.3, -0.25) is 23.7 Å². The number of aliphatic hydroxyl groups is 1. The van der Waals surface area contributed by atoms with Crippen molar-refractivity contribution in [3.8, 4) is 11.5 Å². The summed E-state index contributed by atoms with van der Waals surface area (Å²) in [5.41, 5.74) is 6.35. The number of phosphoric acid groups is 1. The van der Waals surface area contributed by atoms with Gasteiger partial charge in [0.15, 0.2) is 43.5 Å². The molecule has 0 saturated carbocycles. The number of rotatable bonds is 53. The minimum Gasteiger partial charge on any atom is -0.469 e. The number of benzene rings is 10. The first-order chi connectivity index (χ1) is 67.5. The molecule has 20 atom stereocenters. The average Bonchev–Trinajstić information content (AvgIpc) is 0.776. The lowest BCUT2D eigenvalue weighted by Gasteiger charge is -2.50. The second-order valence-electron chi connectivity index (χ2n) is 33.9. The molecule has 0 amide bonds. The second-order valence-corrected chi connectivity index (χ2v) is 35.4. The first kappa shape index (κ1) is 103. The van der Waals surface area contributed by atoms with Crippen LogP contribution in [-0.2, 0) is 176 Å². The third kappa shape index (κ3) is 31.9. The normalized spacial score (nSPS) is 24.8. The van der Waals surface area contributed by atoms with Crippen LogP contribution in [0.25, 0.3) is 0 Å². The Morgan fingerprint density at radius 3 is 1.02 bits per heavy atom. The summed E-state index contributed by atoms with van der Waals surface area (Å²) in [6, 6.07) is 92.5. The Labute approximate surface area is 805 Å². The van der Waals surface area contributed by atoms with Gasteiger partial charge in [0, 0.05) is 33.8 Å². The van der Waals surface area contributed by atoms with E-state index in [9.17, 15) is 24.3 Å². The molecule has 10 aromatic carbocycles. The van der Waals surface area contributed by atoms with E-state index in [2.05, 4.69) is 0 Å². The fourth-order valence-electron chi connectivity index (χ4n) is 16.7. The maximum Gasteiger partial charge on any atom is 0.587 e. The third-order valence-electron chi connectivity index (χ3n) is 23.4. The zero-order chi connectivity index (χ0) is 95.9. The molecule has 4 aliphatic rings. The van der Waals surface area contributed by atoms with E-state index in [1.807, 2.05) is 243 Å². The monoisotopic (exact) mass is 1910 g/mol. The lowest BCUT2D eigenvalue weighted by Crippen LogP contribution is -2.67. The number of para-hydroxylation sites is 2. The van der Waals surface area contributed by atoms with Gasteiger partial charge in [-0.15, -0.1) is 0 Å². The van der Waals surface area contributed by atoms with Gasteiger partial charge in [-0.1, -0.05) is 305 Å². The number of ether oxygens (including phenoxy) is 20. The van der Waals surface area contributed by atoms with Gasteiger partial charge in [-0.05, 0) is 81.6 Å². The highest BCUT2D eigenvalue weighted by Gasteiger charge is 2.59. The molecule has 0 unspecified atom stereocenters. The van der Waals surface area contributed by atoms with Gasteiger partial charge in [-0.25, -0.2) is 4.57 Å². The number of unbranched alkanes of at least 4 members (excludes halogenated alkanes) is 5. The largest absolute Gasteiger partial charge is 0.587 e. The second kappa shape index (κ2) is 54.7. The molecule has 0 bridgehead atoms. The number of aliphatic hydroxyl groups excluding tert-OH is 1. The summed E-state index contributed by atoms with van der Waals surface area (Å²) in [7, 11) is -3.48. The molecule has 30 heteroatoms. The average molecular weight is 1920 g/mol. The number of esters is 4. The third-order valence-corrected chi connectivity index (χ3v) is 24.7. The molecule has 138 heavy (non-hydrogen) atoms. The van der Waals surface area contributed by atoms with Gasteiger partial charge < -0.3 is 109 Å². The Bertz CT molecular complexity index is 5170. The number of methoxy groups -OCH3 is 1. The van der Waals surface area contributed by atoms with Crippen LogP contribution >= 0.6 is 7.82 Å². The van der Waals surface area contributed by atoms with E-state index in [1.165, 1.54) is 7.11 Å². The van der Waals surface area contributed by atoms with Crippen LogP contribution in [0, 0.1) is 0 Å². The van der Waals surface area contributed by atoms with Gasteiger partial charge in [0.05, 0.1) is 86.4 Å². The number of hydrogen-bond acceptors (Lipinski definition) is 29. The molecule has 0 aromatic heterocycles. The van der Waals surface area contributed by atoms with Gasteiger partial charge in [0.2, 0.25) is 0 Å². The van der Waals surface area contributed by atoms with E-state index in [1.54, 1.807) is 60.7 Å². The SMILES string of the molecule is COC(=O)CCCCCCCCO[C@H]1O[C@H](CO[C@H]2O[C@H](COCc3ccccc3)[C@@H](OCc3ccccc3)[C@H](OCc3ccccc3)[C@@H]2O[C@H]2O[C@H](COP(=O)(Oc3ccccc3)Oc3ccccc3)[C@@H](OC(C)=O)[C@H](OC(C)=O)[C@@H]2OC(C)=O)[C@@H](OCc2ccccc2)[C@H](O[C@H]2O[C@H](COCc3ccccc3)[C@@H](OCc3ccccc3)[C@H](OCc3ccccc3)[C@@H]2O)[C@@H]1OCc1ccccc1. The smallest absolute Gasteiger partial charge is 0.469 e. The maximum absolute atomic E-state index is 15.5. The van der Waals surface area contributed by atoms with E-state index in [-0.39, 0.29) is 90.1 Å². The van der Waals surface area contributed by atoms with Crippen molar-refractivity contribution in [3.63, 3.8) is 0 Å². The standard InChI is InChI=1S/C108H123O29P/c1-75(109)127-97-91(74-126-138(114,136-86-57-35-17-36-58-86)137-87-59-37-18-38-60-87)133-108(104(129-77(3)111)101(97)128-76(2)110)135-103-99(123-69-84-53-31-15-32-54-84)95(120-66-81-47-25-12-26-48-81)89(72-117-64-79-43-21-10-22-44-79)131-107(103)125-73-90-96(121-67-82-49-27-13-28-50-82)100(102(124-70-85-55-33-16-34-56-85)106(132-90)118-62-40-8-6-5-7-39-61-92(112)115-4)134-105-93(113)98(122-68-83-51-29-14-30-52-83)94(119-65-80-45-23-11-24-46-80)88(130-105)71-116-63-78-41-19-9-20-42-78/h9-38,41-60,88-91,93-108,113H,5-8,39-40,61-74H2,1-4H3/t88-,89-,90-,91-,93+,94-,95-,96-,97-,98-,99+,100+,101+,102+,103+,104+,105-,106+,107+,108-/m1/s1. The van der Waals surface area contributed by atoms with E-state index in [0.717, 1.165) is 85.4 Å². The molecule has 4 fully saturated rings. The molecule has 0 aliphatic carbocycles. The molecule has 4 saturated heterocycles. The quantitative estimate of drug-likeness (QED) is 0.0160. The van der Waals surface area contributed by atoms with E-state index < -0.39 is 162 Å². The number of phosphoric ester groups is 1. The van der Waals surface area contributed by atoms with Crippen molar-refractivity contribution >= 4 is 31.7 Å². The fourth-order valence-corrected chi connectivity index (χ4v) is 17.9. The Morgan fingerprint density at radius 1 is 0.290 bits per heavy atom. The highest BCUT2D eigenvalue weighted by atomic mass is 31.2. The molecule has 0 spiro atoms. The van der Waals surface area contributed by atoms with Crippen molar-refractivity contribution in [2.24, 2.45) is 0 Å². The maximum atomic E-state index is 15.5. The number of carbonyl (C=O) groups is 4. The molecule has 14 rings (SSSR count). The predicted molar refractivity (Wildman–Crippen MR) is 503 cm³/mol. The lowest BCUT2D eigenvalue weighted by molar-refractivity contribution is -0.389. The molecule has 4 aliphatic heterocycles.